The first-order valence-corrected chi connectivity index (χ1v) is 9.67. The lowest BCUT2D eigenvalue weighted by Gasteiger charge is -2.32. The molecule has 1 fully saturated rings. The molecule has 1 heterocycles. The lowest BCUT2D eigenvalue weighted by atomic mass is 9.99. The molecule has 3 rings (SSSR count). The van der Waals surface area contributed by atoms with Gasteiger partial charge in [-0.15, -0.1) is 0 Å². The standard InChI is InChI=1S/C22H29N3O2/c1-17-12-15-25(16-13-17)19-9-7-18(8-10-19)23-14-11-22(26)24-20-5-3-4-6-21(20)27-2/h3-10,17,23H,11-16H2,1-2H3,(H,24,26). The zero-order valence-electron chi connectivity index (χ0n) is 16.2. The van der Waals surface area contributed by atoms with Crippen LogP contribution in [0.5, 0.6) is 5.75 Å². The number of nitrogens with one attached hydrogen (secondary N) is 2. The van der Waals surface area contributed by atoms with E-state index in [1.807, 2.05) is 24.3 Å². The van der Waals surface area contributed by atoms with E-state index in [2.05, 4.69) is 46.7 Å². The van der Waals surface area contributed by atoms with Gasteiger partial charge in [0.2, 0.25) is 5.91 Å². The van der Waals surface area contributed by atoms with Crippen LogP contribution in [0.25, 0.3) is 0 Å². The largest absolute Gasteiger partial charge is 0.495 e. The number of piperidine rings is 1. The Morgan fingerprint density at radius 1 is 1.11 bits per heavy atom. The first kappa shape index (κ1) is 19.1. The number of methoxy groups -OCH3 is 1. The molecule has 0 radical (unpaired) electrons. The second-order valence-electron chi connectivity index (χ2n) is 7.14. The zero-order valence-corrected chi connectivity index (χ0v) is 16.2. The molecule has 5 heteroatoms. The Balaban J connectivity index is 1.44. The molecule has 2 aromatic rings. The van der Waals surface area contributed by atoms with Crippen molar-refractivity contribution < 1.29 is 9.53 Å². The van der Waals surface area contributed by atoms with Crippen molar-refractivity contribution in [2.75, 3.05) is 42.3 Å². The van der Waals surface area contributed by atoms with Gasteiger partial charge in [0.15, 0.2) is 0 Å². The third kappa shape index (κ3) is 5.39. The molecule has 0 saturated carbocycles. The highest BCUT2D eigenvalue weighted by atomic mass is 16.5. The van der Waals surface area contributed by atoms with E-state index >= 15 is 0 Å². The van der Waals surface area contributed by atoms with Crippen molar-refractivity contribution in [1.29, 1.82) is 0 Å². The summed E-state index contributed by atoms with van der Waals surface area (Å²) in [6.45, 7) is 5.18. The van der Waals surface area contributed by atoms with Gasteiger partial charge in [0.25, 0.3) is 0 Å². The van der Waals surface area contributed by atoms with Gasteiger partial charge >= 0.3 is 0 Å². The number of benzene rings is 2. The summed E-state index contributed by atoms with van der Waals surface area (Å²) < 4.78 is 5.25. The lowest BCUT2D eigenvalue weighted by molar-refractivity contribution is -0.116. The number of para-hydroxylation sites is 2. The molecule has 5 nitrogen and oxygen atoms in total. The molecule has 0 aromatic heterocycles. The van der Waals surface area contributed by atoms with Crippen LogP contribution in [0.2, 0.25) is 0 Å². The third-order valence-corrected chi connectivity index (χ3v) is 5.08. The predicted octanol–water partition coefficient (Wildman–Crippen LogP) is 4.37. The summed E-state index contributed by atoms with van der Waals surface area (Å²) in [5.74, 6) is 1.47. The number of carbonyl (C=O) groups excluding carboxylic acids is 1. The molecule has 0 aliphatic carbocycles. The number of nitrogens with zero attached hydrogens (tertiary/aromatic N) is 1. The van der Waals surface area contributed by atoms with Crippen LogP contribution in [0.15, 0.2) is 48.5 Å². The minimum absolute atomic E-state index is 0.0361. The molecule has 1 aliphatic rings. The SMILES string of the molecule is COc1ccccc1NC(=O)CCNc1ccc(N2CCC(C)CC2)cc1. The van der Waals surface area contributed by atoms with E-state index in [9.17, 15) is 4.79 Å². The number of ether oxygens (including phenoxy) is 1. The minimum Gasteiger partial charge on any atom is -0.495 e. The molecular weight excluding hydrogens is 338 g/mol. The van der Waals surface area contributed by atoms with Gasteiger partial charge in [-0.05, 0) is 55.2 Å². The Hall–Kier alpha value is -2.69. The number of carbonyl (C=O) groups is 1. The van der Waals surface area contributed by atoms with Crippen LogP contribution >= 0.6 is 0 Å². The van der Waals surface area contributed by atoms with Gasteiger partial charge in [0.1, 0.15) is 5.75 Å². The summed E-state index contributed by atoms with van der Waals surface area (Å²) in [7, 11) is 1.60. The first-order chi connectivity index (χ1) is 13.2. The van der Waals surface area contributed by atoms with Gasteiger partial charge < -0.3 is 20.3 Å². The van der Waals surface area contributed by atoms with Gasteiger partial charge in [-0.2, -0.15) is 0 Å². The van der Waals surface area contributed by atoms with Crippen LogP contribution in [0, 0.1) is 5.92 Å². The van der Waals surface area contributed by atoms with Crippen molar-refractivity contribution in [1.82, 2.24) is 0 Å². The summed E-state index contributed by atoms with van der Waals surface area (Å²) in [6, 6.07) is 15.9. The van der Waals surface area contributed by atoms with E-state index < -0.39 is 0 Å². The third-order valence-electron chi connectivity index (χ3n) is 5.08. The van der Waals surface area contributed by atoms with Crippen LogP contribution in [0.1, 0.15) is 26.2 Å². The molecule has 144 valence electrons. The molecule has 1 aliphatic heterocycles. The van der Waals surface area contributed by atoms with Crippen molar-refractivity contribution in [3.63, 3.8) is 0 Å². The maximum absolute atomic E-state index is 12.1. The molecule has 0 atom stereocenters. The van der Waals surface area contributed by atoms with Crippen LogP contribution in [-0.2, 0) is 4.79 Å². The lowest BCUT2D eigenvalue weighted by Crippen LogP contribution is -2.32. The highest BCUT2D eigenvalue weighted by Gasteiger charge is 2.15. The first-order valence-electron chi connectivity index (χ1n) is 9.67. The Bertz CT molecular complexity index is 737. The van der Waals surface area contributed by atoms with Crippen molar-refractivity contribution in [2.24, 2.45) is 5.92 Å². The molecule has 0 bridgehead atoms. The number of hydrogen-bond donors (Lipinski definition) is 2. The molecule has 1 amide bonds. The van der Waals surface area contributed by atoms with Crippen molar-refractivity contribution in [3.05, 3.63) is 48.5 Å². The molecule has 27 heavy (non-hydrogen) atoms. The molecular formula is C22H29N3O2. The normalized spacial score (nSPS) is 14.7. The van der Waals surface area contributed by atoms with Gasteiger partial charge in [0, 0.05) is 37.4 Å². The van der Waals surface area contributed by atoms with E-state index in [1.165, 1.54) is 18.5 Å². The average Bonchev–Trinajstić information content (AvgIpc) is 2.69. The van der Waals surface area contributed by atoms with E-state index in [1.54, 1.807) is 7.11 Å². The van der Waals surface area contributed by atoms with Crippen LogP contribution in [-0.4, -0.2) is 32.7 Å². The monoisotopic (exact) mass is 367 g/mol. The fourth-order valence-corrected chi connectivity index (χ4v) is 3.34. The second kappa shape index (κ2) is 9.31. The highest BCUT2D eigenvalue weighted by Crippen LogP contribution is 2.25. The van der Waals surface area contributed by atoms with Crippen LogP contribution in [0.4, 0.5) is 17.1 Å². The summed E-state index contributed by atoms with van der Waals surface area (Å²) in [5.41, 5.74) is 3.01. The Morgan fingerprint density at radius 3 is 2.52 bits per heavy atom. The Kier molecular flexibility index (Phi) is 6.58. The summed E-state index contributed by atoms with van der Waals surface area (Å²) >= 11 is 0. The number of hydrogen-bond acceptors (Lipinski definition) is 4. The van der Waals surface area contributed by atoms with Crippen molar-refractivity contribution >= 4 is 23.0 Å². The predicted molar refractivity (Wildman–Crippen MR) is 112 cm³/mol. The maximum Gasteiger partial charge on any atom is 0.226 e. The molecule has 0 unspecified atom stereocenters. The fourth-order valence-electron chi connectivity index (χ4n) is 3.34. The van der Waals surface area contributed by atoms with Crippen LogP contribution < -0.4 is 20.3 Å². The van der Waals surface area contributed by atoms with Gasteiger partial charge in [0.05, 0.1) is 12.8 Å². The minimum atomic E-state index is -0.0361. The van der Waals surface area contributed by atoms with E-state index in [-0.39, 0.29) is 5.91 Å². The molecule has 2 N–H and O–H groups in total. The average molecular weight is 367 g/mol. The maximum atomic E-state index is 12.1. The van der Waals surface area contributed by atoms with E-state index in [0.29, 0.717) is 24.4 Å². The highest BCUT2D eigenvalue weighted by molar-refractivity contribution is 5.92. The summed E-state index contributed by atoms with van der Waals surface area (Å²) in [6.07, 6.45) is 2.92. The second-order valence-corrected chi connectivity index (χ2v) is 7.14. The topological polar surface area (TPSA) is 53.6 Å². The number of anilines is 3. The van der Waals surface area contributed by atoms with Crippen LogP contribution in [0.3, 0.4) is 0 Å². The Labute approximate surface area is 161 Å². The quantitative estimate of drug-likeness (QED) is 0.763. The van der Waals surface area contributed by atoms with Gasteiger partial charge in [-0.1, -0.05) is 19.1 Å². The van der Waals surface area contributed by atoms with E-state index in [0.717, 1.165) is 24.7 Å². The number of amides is 1. The molecule has 1 saturated heterocycles. The van der Waals surface area contributed by atoms with Gasteiger partial charge in [-0.3, -0.25) is 4.79 Å². The summed E-state index contributed by atoms with van der Waals surface area (Å²) in [4.78, 5) is 14.6. The van der Waals surface area contributed by atoms with Crippen molar-refractivity contribution in [3.8, 4) is 5.75 Å². The smallest absolute Gasteiger partial charge is 0.226 e. The molecule has 2 aromatic carbocycles. The summed E-state index contributed by atoms with van der Waals surface area (Å²) in [5, 5.41) is 6.21. The molecule has 0 spiro atoms. The van der Waals surface area contributed by atoms with Gasteiger partial charge in [-0.25, -0.2) is 0 Å². The Morgan fingerprint density at radius 2 is 1.81 bits per heavy atom. The van der Waals surface area contributed by atoms with E-state index in [4.69, 9.17) is 4.74 Å². The van der Waals surface area contributed by atoms with Crippen molar-refractivity contribution in [2.45, 2.75) is 26.2 Å². The zero-order chi connectivity index (χ0) is 19.1. The number of rotatable bonds is 7. The fraction of sp³-hybridized carbons (Fsp3) is 0.409.